The van der Waals surface area contributed by atoms with Gasteiger partial charge >= 0.3 is 0 Å². The minimum atomic E-state index is 0.965. The Hall–Kier alpha value is -1.26. The zero-order chi connectivity index (χ0) is 11.2. The number of pyridine rings is 1. The van der Waals surface area contributed by atoms with Gasteiger partial charge in [0.25, 0.3) is 0 Å². The van der Waals surface area contributed by atoms with Crippen molar-refractivity contribution in [3.8, 4) is 10.7 Å². The first-order chi connectivity index (χ1) is 7.90. The van der Waals surface area contributed by atoms with Gasteiger partial charge in [0.15, 0.2) is 0 Å². The predicted octanol–water partition coefficient (Wildman–Crippen LogP) is 2.36. The number of nitrogens with zero attached hydrogens (tertiary/aromatic N) is 2. The summed E-state index contributed by atoms with van der Waals surface area (Å²) in [5, 5.41) is 6.28. The van der Waals surface area contributed by atoms with Crippen LogP contribution in [0.25, 0.3) is 10.7 Å². The Morgan fingerprint density at radius 2 is 2.31 bits per heavy atom. The second-order valence-electron chi connectivity index (χ2n) is 3.57. The van der Waals surface area contributed by atoms with Crippen molar-refractivity contribution in [3.05, 3.63) is 35.5 Å². The molecule has 0 spiro atoms. The molecule has 4 heteroatoms. The first kappa shape index (κ1) is 11.2. The number of hydrogen-bond donors (Lipinski definition) is 1. The van der Waals surface area contributed by atoms with E-state index in [0.717, 1.165) is 30.1 Å². The molecule has 0 saturated carbocycles. The highest BCUT2D eigenvalue weighted by Crippen LogP contribution is 2.21. The fourth-order valence-electron chi connectivity index (χ4n) is 1.47. The summed E-state index contributed by atoms with van der Waals surface area (Å²) in [7, 11) is 1.97. The van der Waals surface area contributed by atoms with Crippen LogP contribution in [-0.4, -0.2) is 23.6 Å². The second-order valence-corrected chi connectivity index (χ2v) is 4.42. The molecule has 0 radical (unpaired) electrons. The SMILES string of the molecule is CNCCCc1csc(-c2ccccn2)n1. The van der Waals surface area contributed by atoms with Crippen molar-refractivity contribution in [2.45, 2.75) is 12.8 Å². The Balaban J connectivity index is 2.02. The summed E-state index contributed by atoms with van der Waals surface area (Å²) in [4.78, 5) is 8.87. The van der Waals surface area contributed by atoms with Crippen molar-refractivity contribution in [3.63, 3.8) is 0 Å². The molecule has 2 aromatic heterocycles. The van der Waals surface area contributed by atoms with Crippen LogP contribution in [-0.2, 0) is 6.42 Å². The van der Waals surface area contributed by atoms with Crippen molar-refractivity contribution in [1.82, 2.24) is 15.3 Å². The minimum absolute atomic E-state index is 0.965. The Labute approximate surface area is 99.6 Å². The van der Waals surface area contributed by atoms with Crippen LogP contribution < -0.4 is 5.32 Å². The van der Waals surface area contributed by atoms with Crippen LogP contribution in [0.1, 0.15) is 12.1 Å². The third-order valence-electron chi connectivity index (χ3n) is 2.30. The standard InChI is InChI=1S/C12H15N3S/c1-13-7-4-5-10-9-16-12(15-10)11-6-2-3-8-14-11/h2-3,6,8-9,13H,4-5,7H2,1H3. The third kappa shape index (κ3) is 2.87. The van der Waals surface area contributed by atoms with E-state index in [1.807, 2.05) is 25.2 Å². The predicted molar refractivity (Wildman–Crippen MR) is 67.6 cm³/mol. The van der Waals surface area contributed by atoms with E-state index in [-0.39, 0.29) is 0 Å². The minimum Gasteiger partial charge on any atom is -0.320 e. The van der Waals surface area contributed by atoms with Gasteiger partial charge in [-0.15, -0.1) is 11.3 Å². The lowest BCUT2D eigenvalue weighted by atomic mass is 10.2. The maximum Gasteiger partial charge on any atom is 0.142 e. The molecular formula is C12H15N3S. The molecule has 84 valence electrons. The molecule has 1 N–H and O–H groups in total. The van der Waals surface area contributed by atoms with Crippen molar-refractivity contribution < 1.29 is 0 Å². The van der Waals surface area contributed by atoms with E-state index in [2.05, 4.69) is 20.7 Å². The zero-order valence-electron chi connectivity index (χ0n) is 9.31. The average Bonchev–Trinajstić information content (AvgIpc) is 2.79. The van der Waals surface area contributed by atoms with Gasteiger partial charge in [0, 0.05) is 11.6 Å². The van der Waals surface area contributed by atoms with Crippen molar-refractivity contribution in [1.29, 1.82) is 0 Å². The van der Waals surface area contributed by atoms with E-state index in [4.69, 9.17) is 0 Å². The Kier molecular flexibility index (Phi) is 4.02. The number of thiazole rings is 1. The fraction of sp³-hybridized carbons (Fsp3) is 0.333. The molecule has 0 aliphatic rings. The molecule has 0 aliphatic heterocycles. The number of nitrogens with one attached hydrogen (secondary N) is 1. The van der Waals surface area contributed by atoms with Crippen LogP contribution >= 0.6 is 11.3 Å². The van der Waals surface area contributed by atoms with Crippen LogP contribution in [0, 0.1) is 0 Å². The number of rotatable bonds is 5. The third-order valence-corrected chi connectivity index (χ3v) is 3.21. The fourth-order valence-corrected chi connectivity index (χ4v) is 2.30. The first-order valence-corrected chi connectivity index (χ1v) is 6.28. The van der Waals surface area contributed by atoms with E-state index in [1.165, 1.54) is 5.69 Å². The van der Waals surface area contributed by atoms with Gasteiger partial charge in [-0.25, -0.2) is 4.98 Å². The molecule has 0 amide bonds. The van der Waals surface area contributed by atoms with Gasteiger partial charge in [-0.05, 0) is 38.6 Å². The van der Waals surface area contributed by atoms with Crippen molar-refractivity contribution in [2.75, 3.05) is 13.6 Å². The van der Waals surface area contributed by atoms with Gasteiger partial charge in [-0.3, -0.25) is 4.98 Å². The molecule has 0 unspecified atom stereocenters. The molecule has 16 heavy (non-hydrogen) atoms. The van der Waals surface area contributed by atoms with Crippen LogP contribution in [0.3, 0.4) is 0 Å². The van der Waals surface area contributed by atoms with E-state index in [0.29, 0.717) is 0 Å². The summed E-state index contributed by atoms with van der Waals surface area (Å²) in [6, 6.07) is 5.91. The van der Waals surface area contributed by atoms with E-state index < -0.39 is 0 Å². The highest BCUT2D eigenvalue weighted by molar-refractivity contribution is 7.13. The molecular weight excluding hydrogens is 218 g/mol. The smallest absolute Gasteiger partial charge is 0.142 e. The first-order valence-electron chi connectivity index (χ1n) is 5.40. The largest absolute Gasteiger partial charge is 0.320 e. The highest BCUT2D eigenvalue weighted by Gasteiger charge is 2.04. The van der Waals surface area contributed by atoms with Gasteiger partial charge in [0.1, 0.15) is 5.01 Å². The summed E-state index contributed by atoms with van der Waals surface area (Å²) in [6.45, 7) is 1.04. The molecule has 2 rings (SSSR count). The summed E-state index contributed by atoms with van der Waals surface area (Å²) < 4.78 is 0. The van der Waals surface area contributed by atoms with E-state index >= 15 is 0 Å². The molecule has 3 nitrogen and oxygen atoms in total. The monoisotopic (exact) mass is 233 g/mol. The topological polar surface area (TPSA) is 37.8 Å². The van der Waals surface area contributed by atoms with Crippen molar-refractivity contribution >= 4 is 11.3 Å². The molecule has 2 aromatic rings. The molecule has 0 fully saturated rings. The number of aromatic nitrogens is 2. The maximum atomic E-state index is 4.58. The van der Waals surface area contributed by atoms with Crippen molar-refractivity contribution in [2.24, 2.45) is 0 Å². The van der Waals surface area contributed by atoms with Crippen LogP contribution in [0.2, 0.25) is 0 Å². The van der Waals surface area contributed by atoms with Gasteiger partial charge in [0.05, 0.1) is 11.4 Å². The molecule has 0 bridgehead atoms. The second kappa shape index (κ2) is 5.72. The molecule has 0 atom stereocenters. The van der Waals surface area contributed by atoms with E-state index in [1.54, 1.807) is 17.5 Å². The van der Waals surface area contributed by atoms with Crippen LogP contribution in [0.4, 0.5) is 0 Å². The summed E-state index contributed by atoms with van der Waals surface area (Å²) in [6.07, 6.45) is 3.96. The maximum absolute atomic E-state index is 4.58. The lowest BCUT2D eigenvalue weighted by Crippen LogP contribution is -2.08. The number of aryl methyl sites for hydroxylation is 1. The number of hydrogen-bond acceptors (Lipinski definition) is 4. The van der Waals surface area contributed by atoms with Crippen LogP contribution in [0.5, 0.6) is 0 Å². The zero-order valence-corrected chi connectivity index (χ0v) is 10.1. The molecule has 2 heterocycles. The lowest BCUT2D eigenvalue weighted by Gasteiger charge is -1.96. The lowest BCUT2D eigenvalue weighted by molar-refractivity contribution is 0.718. The normalized spacial score (nSPS) is 10.6. The van der Waals surface area contributed by atoms with Gasteiger partial charge in [0.2, 0.25) is 0 Å². The Bertz CT molecular complexity index is 425. The Morgan fingerprint density at radius 3 is 3.06 bits per heavy atom. The van der Waals surface area contributed by atoms with E-state index in [9.17, 15) is 0 Å². The summed E-state index contributed by atoms with van der Waals surface area (Å²) in [5.74, 6) is 0. The van der Waals surface area contributed by atoms with Gasteiger partial charge in [-0.1, -0.05) is 6.07 Å². The average molecular weight is 233 g/mol. The molecule has 0 aliphatic carbocycles. The van der Waals surface area contributed by atoms with Crippen LogP contribution in [0.15, 0.2) is 29.8 Å². The summed E-state index contributed by atoms with van der Waals surface area (Å²) >= 11 is 1.67. The highest BCUT2D eigenvalue weighted by atomic mass is 32.1. The van der Waals surface area contributed by atoms with Gasteiger partial charge < -0.3 is 5.32 Å². The molecule has 0 aromatic carbocycles. The molecule has 0 saturated heterocycles. The Morgan fingerprint density at radius 1 is 1.38 bits per heavy atom. The summed E-state index contributed by atoms with van der Waals surface area (Å²) in [5.41, 5.74) is 2.13. The van der Waals surface area contributed by atoms with Gasteiger partial charge in [-0.2, -0.15) is 0 Å². The quantitative estimate of drug-likeness (QED) is 0.806.